The minimum Gasteiger partial charge on any atom is -0.494 e. The fourth-order valence-electron chi connectivity index (χ4n) is 1.46. The van der Waals surface area contributed by atoms with Crippen molar-refractivity contribution in [1.29, 1.82) is 0 Å². The zero-order chi connectivity index (χ0) is 16.4. The van der Waals surface area contributed by atoms with Gasteiger partial charge in [0.25, 0.3) is 0 Å². The monoisotopic (exact) mass is 312 g/mol. The van der Waals surface area contributed by atoms with Gasteiger partial charge in [-0.15, -0.1) is 0 Å². The predicted octanol–water partition coefficient (Wildman–Crippen LogP) is 0.902. The van der Waals surface area contributed by atoms with Gasteiger partial charge >= 0.3 is 18.3 Å². The second-order valence-corrected chi connectivity index (χ2v) is 3.76. The summed E-state index contributed by atoms with van der Waals surface area (Å²) < 4.78 is 8.54. The predicted molar refractivity (Wildman–Crippen MR) is 64.7 cm³/mol. The van der Waals surface area contributed by atoms with Crippen molar-refractivity contribution in [3.63, 3.8) is 0 Å². The van der Waals surface area contributed by atoms with Crippen molar-refractivity contribution in [2.45, 2.75) is 0 Å². The van der Waals surface area contributed by atoms with Crippen LogP contribution in [-0.2, 0) is 9.47 Å². The van der Waals surface area contributed by atoms with E-state index in [1.54, 1.807) is 0 Å². The van der Waals surface area contributed by atoms with Crippen LogP contribution in [0.5, 0.6) is 23.5 Å². The smallest absolute Gasteiger partial charge is 0.494 e. The van der Waals surface area contributed by atoms with Crippen molar-refractivity contribution in [2.75, 3.05) is 0 Å². The molecule has 0 aromatic carbocycles. The molecule has 0 aliphatic heterocycles. The molecule has 0 aliphatic carbocycles. The number of hydrogen-bond donors (Lipinski definition) is 4. The molecular formula is C11H8N2O9. The van der Waals surface area contributed by atoms with Crippen molar-refractivity contribution < 1.29 is 44.3 Å². The van der Waals surface area contributed by atoms with E-state index < -0.39 is 41.9 Å². The molecule has 0 saturated heterocycles. The lowest BCUT2D eigenvalue weighted by Crippen LogP contribution is -2.23. The van der Waals surface area contributed by atoms with E-state index in [4.69, 9.17) is 0 Å². The van der Waals surface area contributed by atoms with Crippen molar-refractivity contribution in [2.24, 2.45) is 0 Å². The van der Waals surface area contributed by atoms with Crippen LogP contribution in [0.4, 0.5) is 14.4 Å². The lowest BCUT2D eigenvalue weighted by atomic mass is 10.6. The van der Waals surface area contributed by atoms with Gasteiger partial charge in [-0.05, 0) is 0 Å². The molecule has 0 fully saturated rings. The zero-order valence-corrected chi connectivity index (χ0v) is 10.5. The maximum Gasteiger partial charge on any atom is 0.526 e. The molecule has 0 aliphatic rings. The number of aromatic hydroxyl groups is 4. The Balaban J connectivity index is 2.05. The van der Waals surface area contributed by atoms with Crippen LogP contribution in [0, 0.1) is 0 Å². The summed E-state index contributed by atoms with van der Waals surface area (Å²) in [5.74, 6) is -2.88. The molecule has 11 nitrogen and oxygen atoms in total. The largest absolute Gasteiger partial charge is 0.526 e. The van der Waals surface area contributed by atoms with E-state index in [0.29, 0.717) is 0 Å². The topological polar surface area (TPSA) is 160 Å². The summed E-state index contributed by atoms with van der Waals surface area (Å²) in [5.41, 5.74) is 0. The summed E-state index contributed by atoms with van der Waals surface area (Å²) in [6.45, 7) is 0. The molecule has 0 spiro atoms. The molecule has 2 aromatic rings. The standard InChI is InChI=1S/C11H8N2O9/c14-5-1-2-6(15)12(5)9(18)21-11(20)22-10(19)13-7(16)3-4-8(13)17/h1-4,14-17H. The first kappa shape index (κ1) is 14.8. The van der Waals surface area contributed by atoms with Crippen LogP contribution in [0.2, 0.25) is 0 Å². The van der Waals surface area contributed by atoms with E-state index in [9.17, 15) is 34.8 Å². The Labute approximate surface area is 120 Å². The van der Waals surface area contributed by atoms with E-state index in [0.717, 1.165) is 24.3 Å². The molecule has 2 heterocycles. The van der Waals surface area contributed by atoms with Gasteiger partial charge in [0.15, 0.2) is 0 Å². The minimum atomic E-state index is -1.81. The molecule has 0 saturated carbocycles. The van der Waals surface area contributed by atoms with Gasteiger partial charge in [-0.3, -0.25) is 0 Å². The highest BCUT2D eigenvalue weighted by atomic mass is 16.8. The quantitative estimate of drug-likeness (QED) is 0.409. The van der Waals surface area contributed by atoms with Gasteiger partial charge in [-0.25, -0.2) is 14.4 Å². The number of nitrogens with zero attached hydrogens (tertiary/aromatic N) is 2. The van der Waals surface area contributed by atoms with Crippen LogP contribution in [0.3, 0.4) is 0 Å². The summed E-state index contributed by atoms with van der Waals surface area (Å²) in [4.78, 5) is 34.2. The fraction of sp³-hybridized carbons (Fsp3) is 0. The Bertz CT molecular complexity index is 656. The summed E-state index contributed by atoms with van der Waals surface area (Å²) in [7, 11) is 0. The molecule has 11 heteroatoms. The Hall–Kier alpha value is -3.63. The molecule has 0 unspecified atom stereocenters. The highest BCUT2D eigenvalue weighted by Crippen LogP contribution is 2.22. The number of ether oxygens (including phenoxy) is 2. The van der Waals surface area contributed by atoms with Gasteiger partial charge in [-0.2, -0.15) is 9.13 Å². The van der Waals surface area contributed by atoms with E-state index in [-0.39, 0.29) is 9.13 Å². The molecule has 0 radical (unpaired) electrons. The number of carbonyl (C=O) groups is 3. The second-order valence-electron chi connectivity index (χ2n) is 3.76. The molecule has 0 amide bonds. The second kappa shape index (κ2) is 5.40. The first-order valence-corrected chi connectivity index (χ1v) is 5.49. The van der Waals surface area contributed by atoms with Crippen molar-refractivity contribution in [1.82, 2.24) is 9.13 Å². The van der Waals surface area contributed by atoms with Gasteiger partial charge < -0.3 is 29.9 Å². The first-order chi connectivity index (χ1) is 10.3. The van der Waals surface area contributed by atoms with Crippen molar-refractivity contribution in [3.8, 4) is 23.5 Å². The van der Waals surface area contributed by atoms with Gasteiger partial charge in [0.1, 0.15) is 0 Å². The lowest BCUT2D eigenvalue weighted by Gasteiger charge is -2.06. The Morgan fingerprint density at radius 2 is 0.955 bits per heavy atom. The number of rotatable bonds is 0. The molecule has 22 heavy (non-hydrogen) atoms. The highest BCUT2D eigenvalue weighted by molar-refractivity contribution is 5.90. The minimum absolute atomic E-state index is 0.219. The third-order valence-electron chi connectivity index (χ3n) is 2.39. The van der Waals surface area contributed by atoms with Crippen molar-refractivity contribution >= 4 is 18.3 Å². The SMILES string of the molecule is O=C(OC(=O)n1c(O)ccc1O)OC(=O)n1c(O)ccc1O. The van der Waals surface area contributed by atoms with E-state index in [1.165, 1.54) is 0 Å². The van der Waals surface area contributed by atoms with E-state index in [2.05, 4.69) is 9.47 Å². The average Bonchev–Trinajstić information content (AvgIpc) is 2.92. The number of aromatic nitrogens is 2. The average molecular weight is 312 g/mol. The molecule has 2 rings (SSSR count). The fourth-order valence-corrected chi connectivity index (χ4v) is 1.46. The number of carbonyl (C=O) groups excluding carboxylic acids is 3. The van der Waals surface area contributed by atoms with Crippen molar-refractivity contribution in [3.05, 3.63) is 24.3 Å². The molecule has 4 N–H and O–H groups in total. The lowest BCUT2D eigenvalue weighted by molar-refractivity contribution is 0.0909. The van der Waals surface area contributed by atoms with Crippen LogP contribution in [0.1, 0.15) is 0 Å². The van der Waals surface area contributed by atoms with E-state index in [1.807, 2.05) is 0 Å². The highest BCUT2D eigenvalue weighted by Gasteiger charge is 2.24. The Morgan fingerprint density at radius 3 is 1.23 bits per heavy atom. The van der Waals surface area contributed by atoms with Gasteiger partial charge in [0, 0.05) is 24.3 Å². The molecule has 116 valence electrons. The zero-order valence-electron chi connectivity index (χ0n) is 10.5. The Morgan fingerprint density at radius 1 is 0.682 bits per heavy atom. The third-order valence-corrected chi connectivity index (χ3v) is 2.39. The van der Waals surface area contributed by atoms with Crippen LogP contribution in [0.15, 0.2) is 24.3 Å². The normalized spacial score (nSPS) is 10.2. The summed E-state index contributed by atoms with van der Waals surface area (Å²) in [5, 5.41) is 36.9. The maximum absolute atomic E-state index is 11.5. The van der Waals surface area contributed by atoms with Gasteiger partial charge in [0.2, 0.25) is 23.5 Å². The maximum atomic E-state index is 11.5. The van der Waals surface area contributed by atoms with Gasteiger partial charge in [-0.1, -0.05) is 0 Å². The van der Waals surface area contributed by atoms with E-state index >= 15 is 0 Å². The van der Waals surface area contributed by atoms with Gasteiger partial charge in [0.05, 0.1) is 0 Å². The molecule has 0 atom stereocenters. The molecule has 2 aromatic heterocycles. The first-order valence-electron chi connectivity index (χ1n) is 5.49. The summed E-state index contributed by atoms with van der Waals surface area (Å²) in [6.07, 6.45) is -4.90. The van der Waals surface area contributed by atoms with Crippen LogP contribution in [-0.4, -0.2) is 47.9 Å². The van der Waals surface area contributed by atoms with Crippen LogP contribution >= 0.6 is 0 Å². The summed E-state index contributed by atoms with van der Waals surface area (Å²) >= 11 is 0. The Kier molecular flexibility index (Phi) is 3.62. The number of hydrogen-bond acceptors (Lipinski definition) is 9. The molecular weight excluding hydrogens is 304 g/mol. The summed E-state index contributed by atoms with van der Waals surface area (Å²) in [6, 6.07) is 3.79. The molecule has 0 bridgehead atoms. The van der Waals surface area contributed by atoms with Crippen LogP contribution < -0.4 is 0 Å². The van der Waals surface area contributed by atoms with Crippen LogP contribution in [0.25, 0.3) is 0 Å². The third kappa shape index (κ3) is 2.63.